The van der Waals surface area contributed by atoms with Gasteiger partial charge in [0, 0.05) is 35.6 Å². The van der Waals surface area contributed by atoms with Crippen molar-refractivity contribution in [3.05, 3.63) is 89.7 Å². The normalized spacial score (nSPS) is 21.6. The summed E-state index contributed by atoms with van der Waals surface area (Å²) in [5.74, 6) is -0.329. The Labute approximate surface area is 243 Å². The van der Waals surface area contributed by atoms with Crippen molar-refractivity contribution in [2.75, 3.05) is 35.6 Å². The van der Waals surface area contributed by atoms with E-state index in [4.69, 9.17) is 5.73 Å². The van der Waals surface area contributed by atoms with Crippen molar-refractivity contribution in [2.45, 2.75) is 31.8 Å². The molecule has 1 atom stereocenters. The molecule has 4 amide bonds. The first-order chi connectivity index (χ1) is 20.4. The number of aliphatic imine (C=N–C) groups is 1. The maximum Gasteiger partial charge on any atom is 0.321 e. The smallest absolute Gasteiger partial charge is 0.321 e. The molecule has 42 heavy (non-hydrogen) atoms. The minimum Gasteiger partial charge on any atom is -0.399 e. The van der Waals surface area contributed by atoms with Gasteiger partial charge >= 0.3 is 6.03 Å². The molecule has 4 aliphatic rings. The maximum atomic E-state index is 15.1. The minimum atomic E-state index is -1.43. The fourth-order valence-corrected chi connectivity index (χ4v) is 6.20. The van der Waals surface area contributed by atoms with Gasteiger partial charge in [-0.15, -0.1) is 0 Å². The topological polar surface area (TPSA) is 120 Å². The van der Waals surface area contributed by atoms with Crippen LogP contribution < -0.4 is 21.3 Å². The highest BCUT2D eigenvalue weighted by Gasteiger charge is 2.37. The second kappa shape index (κ2) is 11.6. The van der Waals surface area contributed by atoms with Crippen LogP contribution in [0.25, 0.3) is 0 Å². The highest BCUT2D eigenvalue weighted by Crippen LogP contribution is 2.34. The van der Waals surface area contributed by atoms with Gasteiger partial charge in [0.2, 0.25) is 12.1 Å². The number of benzodiazepines with no additional fused rings is 1. The first kappa shape index (κ1) is 27.4. The highest BCUT2D eigenvalue weighted by molar-refractivity contribution is 6.21. The number of hydrogen-bond acceptors (Lipinski definition) is 5. The number of nitrogens with one attached hydrogen (secondary N) is 2. The molecule has 10 heteroatoms. The molecule has 3 heterocycles. The third-order valence-corrected chi connectivity index (χ3v) is 8.32. The van der Waals surface area contributed by atoms with Crippen LogP contribution in [0.4, 0.5) is 26.2 Å². The standard InChI is InChI=1S/C32H33FN6O3/c33-26-10-3-1-8-24(26)29-25-9-2-4-11-27(25)39(19-28(40)38-17-20-12-13-21(18-38)15-14-20)31(41)30(36-29)37-32(42)35-23-7-5-6-22(34)16-23/h1-11,16,20-21,30H,12-15,17-19,34H2,(H2,35,37,42)/t20?,21?,30-/m0/s1. The van der Waals surface area contributed by atoms with Crippen LogP contribution >= 0.6 is 0 Å². The number of carbonyl (C=O) groups is 3. The molecule has 216 valence electrons. The van der Waals surface area contributed by atoms with Crippen LogP contribution in [0.15, 0.2) is 77.8 Å². The lowest BCUT2D eigenvalue weighted by molar-refractivity contribution is -0.132. The van der Waals surface area contributed by atoms with E-state index in [-0.39, 0.29) is 23.7 Å². The first-order valence-corrected chi connectivity index (χ1v) is 14.3. The molecule has 3 aromatic rings. The van der Waals surface area contributed by atoms with E-state index in [1.807, 2.05) is 4.90 Å². The zero-order valence-electron chi connectivity index (χ0n) is 23.1. The Morgan fingerprint density at radius 2 is 1.57 bits per heavy atom. The molecular weight excluding hydrogens is 535 g/mol. The lowest BCUT2D eigenvalue weighted by Gasteiger charge is -2.29. The number of hydrogen-bond donors (Lipinski definition) is 3. The van der Waals surface area contributed by atoms with Crippen molar-refractivity contribution in [2.24, 2.45) is 16.8 Å². The number of nitrogen functional groups attached to an aromatic ring is 1. The number of urea groups is 1. The number of rotatable bonds is 5. The number of para-hydroxylation sites is 1. The van der Waals surface area contributed by atoms with Gasteiger partial charge in [0.15, 0.2) is 0 Å². The number of amides is 4. The Balaban J connectivity index is 1.35. The molecule has 3 fully saturated rings. The number of fused-ring (bicyclic) bond motifs is 5. The number of carbonyl (C=O) groups excluding carboxylic acids is 3. The lowest BCUT2D eigenvalue weighted by Crippen LogP contribution is -2.51. The number of anilines is 3. The third-order valence-electron chi connectivity index (χ3n) is 8.32. The quantitative estimate of drug-likeness (QED) is 0.396. The van der Waals surface area contributed by atoms with Crippen LogP contribution in [0.3, 0.4) is 0 Å². The van der Waals surface area contributed by atoms with Crippen molar-refractivity contribution >= 4 is 40.6 Å². The molecule has 2 bridgehead atoms. The van der Waals surface area contributed by atoms with Gasteiger partial charge in [0.05, 0.1) is 11.4 Å². The Morgan fingerprint density at radius 1 is 0.905 bits per heavy atom. The second-order valence-electron chi connectivity index (χ2n) is 11.2. The van der Waals surface area contributed by atoms with Crippen LogP contribution in [-0.2, 0) is 9.59 Å². The van der Waals surface area contributed by atoms with E-state index in [9.17, 15) is 14.4 Å². The van der Waals surface area contributed by atoms with E-state index >= 15 is 4.39 Å². The van der Waals surface area contributed by atoms with Crippen LogP contribution in [-0.4, -0.2) is 54.3 Å². The molecule has 0 spiro atoms. The Hall–Kier alpha value is -4.73. The van der Waals surface area contributed by atoms with Gasteiger partial charge < -0.3 is 21.3 Å². The van der Waals surface area contributed by atoms with Crippen molar-refractivity contribution < 1.29 is 18.8 Å². The van der Waals surface area contributed by atoms with Gasteiger partial charge in [-0.25, -0.2) is 14.2 Å². The van der Waals surface area contributed by atoms with E-state index in [1.54, 1.807) is 66.7 Å². The van der Waals surface area contributed by atoms with Gasteiger partial charge in [-0.1, -0.05) is 36.4 Å². The highest BCUT2D eigenvalue weighted by atomic mass is 19.1. The summed E-state index contributed by atoms with van der Waals surface area (Å²) in [5, 5.41) is 5.30. The van der Waals surface area contributed by atoms with Crippen molar-refractivity contribution in [3.63, 3.8) is 0 Å². The predicted molar refractivity (Wildman–Crippen MR) is 160 cm³/mol. The van der Waals surface area contributed by atoms with Crippen molar-refractivity contribution in [1.82, 2.24) is 10.2 Å². The molecule has 7 rings (SSSR count). The van der Waals surface area contributed by atoms with Crippen LogP contribution in [0.5, 0.6) is 0 Å². The van der Waals surface area contributed by atoms with Crippen molar-refractivity contribution in [1.29, 1.82) is 0 Å². The molecule has 0 aromatic heterocycles. The summed E-state index contributed by atoms with van der Waals surface area (Å²) in [6, 6.07) is 19.1. The molecule has 3 aliphatic heterocycles. The molecule has 0 unspecified atom stereocenters. The summed E-state index contributed by atoms with van der Waals surface area (Å²) in [6.45, 7) is 1.14. The van der Waals surface area contributed by atoms with E-state index < -0.39 is 23.9 Å². The number of nitrogens with zero attached hydrogens (tertiary/aromatic N) is 3. The van der Waals surface area contributed by atoms with E-state index in [0.29, 0.717) is 47.6 Å². The summed E-state index contributed by atoms with van der Waals surface area (Å²) in [4.78, 5) is 48.8. The van der Waals surface area contributed by atoms with Gasteiger partial charge in [-0.2, -0.15) is 0 Å². The minimum absolute atomic E-state index is 0.158. The summed E-state index contributed by atoms with van der Waals surface area (Å²) in [6.07, 6.45) is 3.05. The summed E-state index contributed by atoms with van der Waals surface area (Å²) in [7, 11) is 0. The number of benzene rings is 3. The van der Waals surface area contributed by atoms with E-state index in [1.165, 1.54) is 11.0 Å². The van der Waals surface area contributed by atoms with Crippen LogP contribution in [0.1, 0.15) is 36.8 Å². The maximum absolute atomic E-state index is 15.1. The molecule has 1 aliphatic carbocycles. The van der Waals surface area contributed by atoms with Gasteiger partial charge in [-0.05, 0) is 73.9 Å². The molecule has 3 aromatic carbocycles. The van der Waals surface area contributed by atoms with Gasteiger partial charge in [0.25, 0.3) is 5.91 Å². The zero-order valence-corrected chi connectivity index (χ0v) is 23.1. The SMILES string of the molecule is Nc1cccc(NC(=O)N[C@@H]2N=C(c3ccccc3F)c3ccccc3N(CC(=O)N3CC4CCC(CC4)C3)C2=O)c1. The molecule has 4 N–H and O–H groups in total. The van der Waals surface area contributed by atoms with Crippen molar-refractivity contribution in [3.8, 4) is 0 Å². The molecular formula is C32H33FN6O3. The molecule has 2 saturated heterocycles. The number of halogens is 1. The average molecular weight is 569 g/mol. The Bertz CT molecular complexity index is 1540. The fraction of sp³-hybridized carbons (Fsp3) is 0.312. The first-order valence-electron chi connectivity index (χ1n) is 14.3. The summed E-state index contributed by atoms with van der Waals surface area (Å²) < 4.78 is 15.1. The fourth-order valence-electron chi connectivity index (χ4n) is 6.20. The van der Waals surface area contributed by atoms with Gasteiger partial charge in [0.1, 0.15) is 12.4 Å². The zero-order chi connectivity index (χ0) is 29.2. The van der Waals surface area contributed by atoms with Crippen LogP contribution in [0, 0.1) is 17.7 Å². The lowest BCUT2D eigenvalue weighted by atomic mass is 9.84. The third kappa shape index (κ3) is 5.70. The summed E-state index contributed by atoms with van der Waals surface area (Å²) >= 11 is 0. The second-order valence-corrected chi connectivity index (χ2v) is 11.2. The average Bonchev–Trinajstić information content (AvgIpc) is 3.37. The summed E-state index contributed by atoms with van der Waals surface area (Å²) in [5.41, 5.74) is 8.02. The van der Waals surface area contributed by atoms with E-state index in [0.717, 1.165) is 25.7 Å². The molecule has 0 radical (unpaired) electrons. The Morgan fingerprint density at radius 3 is 2.26 bits per heavy atom. The Kier molecular flexibility index (Phi) is 7.60. The predicted octanol–water partition coefficient (Wildman–Crippen LogP) is 4.39. The van der Waals surface area contributed by atoms with E-state index in [2.05, 4.69) is 15.6 Å². The van der Waals surface area contributed by atoms with Gasteiger partial charge in [-0.3, -0.25) is 14.5 Å². The van der Waals surface area contributed by atoms with Crippen LogP contribution in [0.2, 0.25) is 0 Å². The number of nitrogens with two attached hydrogens (primary N) is 1. The molecule has 1 saturated carbocycles. The monoisotopic (exact) mass is 568 g/mol. The largest absolute Gasteiger partial charge is 0.399 e. The molecule has 9 nitrogen and oxygen atoms in total.